The van der Waals surface area contributed by atoms with Crippen molar-refractivity contribution < 1.29 is 9.90 Å². The number of piperidine rings is 1. The Morgan fingerprint density at radius 2 is 1.79 bits per heavy atom. The summed E-state index contributed by atoms with van der Waals surface area (Å²) < 4.78 is 1.89. The molecule has 6 bridgehead atoms. The van der Waals surface area contributed by atoms with E-state index in [1.165, 1.54) is 37.0 Å². The molecule has 0 atom stereocenters. The van der Waals surface area contributed by atoms with Crippen molar-refractivity contribution in [3.05, 3.63) is 51.5 Å². The molecule has 7 rings (SSSR count). The van der Waals surface area contributed by atoms with E-state index in [0.29, 0.717) is 5.41 Å². The molecular formula is C31H37N5O2S. The molecule has 204 valence electrons. The first kappa shape index (κ1) is 26.0. The van der Waals surface area contributed by atoms with Crippen LogP contribution in [-0.2, 0) is 17.6 Å². The summed E-state index contributed by atoms with van der Waals surface area (Å²) in [5, 5.41) is 15.9. The number of hydrogen-bond donors (Lipinski definition) is 1. The standard InChI is InChI=1S/C31H37N5O2S/c1-20-24(18-28(37)38)30-35-15-13-31(3,14-16-35)12-7-5-4-6-11-26-29(33-21(2)39-26)23-10-8-9-22(17-23)25-19-27(32-20)36(30)34-25/h8-10,17,19H,4-7,11-16,18H2,1-3H3,(H,37,38). The Hall–Kier alpha value is -3.26. The molecule has 0 saturated carbocycles. The normalized spacial score (nSPS) is 17.6. The minimum absolute atomic E-state index is 0.0610. The molecule has 3 aliphatic heterocycles. The molecule has 0 radical (unpaired) electrons. The van der Waals surface area contributed by atoms with Gasteiger partial charge in [0.1, 0.15) is 5.82 Å². The van der Waals surface area contributed by atoms with Crippen LogP contribution in [-0.4, -0.2) is 43.7 Å². The SMILES string of the molecule is Cc1nc2c(s1)CCCCCCC1(C)CCN(CC1)c1c(CC(=O)O)c(C)nc3cc(nn13)-c1cccc-2c1. The molecule has 6 heterocycles. The topological polar surface area (TPSA) is 83.6 Å². The van der Waals surface area contributed by atoms with Crippen LogP contribution in [0.4, 0.5) is 5.82 Å². The summed E-state index contributed by atoms with van der Waals surface area (Å²) in [6.45, 7) is 8.25. The number of hydrogen-bond acceptors (Lipinski definition) is 6. The largest absolute Gasteiger partial charge is 0.481 e. The van der Waals surface area contributed by atoms with E-state index in [0.717, 1.165) is 82.6 Å². The van der Waals surface area contributed by atoms with Gasteiger partial charge < -0.3 is 10.0 Å². The Morgan fingerprint density at radius 3 is 2.59 bits per heavy atom. The molecule has 8 heteroatoms. The monoisotopic (exact) mass is 543 g/mol. The fourth-order valence-electron chi connectivity index (χ4n) is 6.35. The van der Waals surface area contributed by atoms with Crippen molar-refractivity contribution in [3.8, 4) is 22.5 Å². The summed E-state index contributed by atoms with van der Waals surface area (Å²) in [5.41, 5.74) is 6.67. The Morgan fingerprint density at radius 1 is 1.03 bits per heavy atom. The van der Waals surface area contributed by atoms with Gasteiger partial charge in [0.2, 0.25) is 0 Å². The van der Waals surface area contributed by atoms with Gasteiger partial charge in [-0.15, -0.1) is 11.3 Å². The number of carbonyl (C=O) groups is 1. The lowest BCUT2D eigenvalue weighted by atomic mass is 9.76. The summed E-state index contributed by atoms with van der Waals surface area (Å²) in [6.07, 6.45) is 9.44. The molecule has 3 aromatic heterocycles. The summed E-state index contributed by atoms with van der Waals surface area (Å²) >= 11 is 1.82. The number of rotatable bonds is 2. The molecule has 1 fully saturated rings. The highest BCUT2D eigenvalue weighted by Crippen LogP contribution is 2.40. The molecule has 0 spiro atoms. The zero-order valence-electron chi connectivity index (χ0n) is 23.2. The Bertz CT molecular complexity index is 1530. The number of anilines is 1. The van der Waals surface area contributed by atoms with Crippen molar-refractivity contribution in [1.29, 1.82) is 0 Å². The first-order valence-electron chi connectivity index (χ1n) is 14.2. The number of carboxylic acid groups (broad SMARTS) is 1. The number of aliphatic carboxylic acids is 1. The average Bonchev–Trinajstić information content (AvgIpc) is 3.50. The van der Waals surface area contributed by atoms with Crippen LogP contribution in [0, 0.1) is 19.3 Å². The van der Waals surface area contributed by atoms with Crippen LogP contribution in [0.3, 0.4) is 0 Å². The van der Waals surface area contributed by atoms with Crippen molar-refractivity contribution >= 4 is 28.8 Å². The zero-order chi connectivity index (χ0) is 27.1. The van der Waals surface area contributed by atoms with E-state index in [9.17, 15) is 9.90 Å². The minimum atomic E-state index is -0.845. The molecule has 4 aromatic rings. The van der Waals surface area contributed by atoms with Gasteiger partial charge in [-0.05, 0) is 57.4 Å². The summed E-state index contributed by atoms with van der Waals surface area (Å²) in [6, 6.07) is 10.5. The Kier molecular flexibility index (Phi) is 6.91. The van der Waals surface area contributed by atoms with Crippen LogP contribution in [0.1, 0.15) is 73.0 Å². The molecule has 0 unspecified atom stereocenters. The van der Waals surface area contributed by atoms with E-state index in [1.807, 2.05) is 28.8 Å². The molecule has 7 nitrogen and oxygen atoms in total. The van der Waals surface area contributed by atoms with E-state index in [-0.39, 0.29) is 6.42 Å². The number of benzene rings is 1. The van der Waals surface area contributed by atoms with Gasteiger partial charge in [-0.2, -0.15) is 9.61 Å². The number of carboxylic acids is 1. The maximum absolute atomic E-state index is 11.9. The van der Waals surface area contributed by atoms with Crippen LogP contribution in [0.2, 0.25) is 0 Å². The van der Waals surface area contributed by atoms with Gasteiger partial charge in [-0.3, -0.25) is 4.79 Å². The third kappa shape index (κ3) is 5.19. The molecule has 1 saturated heterocycles. The van der Waals surface area contributed by atoms with Crippen molar-refractivity contribution in [3.63, 3.8) is 0 Å². The first-order valence-corrected chi connectivity index (χ1v) is 15.0. The quantitative estimate of drug-likeness (QED) is 0.297. The zero-order valence-corrected chi connectivity index (χ0v) is 24.0. The van der Waals surface area contributed by atoms with Gasteiger partial charge in [0.15, 0.2) is 5.65 Å². The van der Waals surface area contributed by atoms with Gasteiger partial charge in [0.05, 0.1) is 22.8 Å². The van der Waals surface area contributed by atoms with Crippen LogP contribution >= 0.6 is 11.3 Å². The number of aromatic nitrogens is 4. The third-order valence-electron chi connectivity index (χ3n) is 8.65. The van der Waals surface area contributed by atoms with E-state index in [1.54, 1.807) is 0 Å². The van der Waals surface area contributed by atoms with Crippen LogP contribution < -0.4 is 4.90 Å². The maximum atomic E-state index is 11.9. The highest BCUT2D eigenvalue weighted by atomic mass is 32.1. The lowest BCUT2D eigenvalue weighted by molar-refractivity contribution is -0.136. The van der Waals surface area contributed by atoms with Gasteiger partial charge >= 0.3 is 5.97 Å². The predicted molar refractivity (Wildman–Crippen MR) is 157 cm³/mol. The van der Waals surface area contributed by atoms with E-state index >= 15 is 0 Å². The molecule has 1 N–H and O–H groups in total. The van der Waals surface area contributed by atoms with Gasteiger partial charge in [-0.1, -0.05) is 44.4 Å². The molecular weight excluding hydrogens is 506 g/mol. The van der Waals surface area contributed by atoms with Crippen LogP contribution in [0.25, 0.3) is 28.2 Å². The number of fused-ring (bicyclic) bond motifs is 7. The molecule has 0 aliphatic carbocycles. The van der Waals surface area contributed by atoms with Crippen molar-refractivity contribution in [2.24, 2.45) is 5.41 Å². The van der Waals surface area contributed by atoms with Gasteiger partial charge in [0, 0.05) is 46.4 Å². The fraction of sp³-hybridized carbons (Fsp3) is 0.484. The highest BCUT2D eigenvalue weighted by Gasteiger charge is 2.32. The van der Waals surface area contributed by atoms with Crippen molar-refractivity contribution in [1.82, 2.24) is 19.6 Å². The third-order valence-corrected chi connectivity index (χ3v) is 9.68. The molecule has 3 aliphatic rings. The van der Waals surface area contributed by atoms with E-state index < -0.39 is 5.97 Å². The number of thiazole rings is 1. The number of aryl methyl sites for hydroxylation is 3. The molecule has 39 heavy (non-hydrogen) atoms. The maximum Gasteiger partial charge on any atom is 0.308 e. The second kappa shape index (κ2) is 10.4. The smallest absolute Gasteiger partial charge is 0.308 e. The van der Waals surface area contributed by atoms with Crippen LogP contribution in [0.5, 0.6) is 0 Å². The van der Waals surface area contributed by atoms with Crippen molar-refractivity contribution in [2.75, 3.05) is 18.0 Å². The van der Waals surface area contributed by atoms with Crippen LogP contribution in [0.15, 0.2) is 30.3 Å². The van der Waals surface area contributed by atoms with E-state index in [2.05, 4.69) is 43.0 Å². The predicted octanol–water partition coefficient (Wildman–Crippen LogP) is 6.88. The minimum Gasteiger partial charge on any atom is -0.481 e. The van der Waals surface area contributed by atoms with Gasteiger partial charge in [0.25, 0.3) is 0 Å². The average molecular weight is 544 g/mol. The number of nitrogens with zero attached hydrogens (tertiary/aromatic N) is 5. The first-order chi connectivity index (χ1) is 18.8. The summed E-state index contributed by atoms with van der Waals surface area (Å²) in [5.74, 6) is 0.0435. The Balaban J connectivity index is 1.50. The lowest BCUT2D eigenvalue weighted by Crippen LogP contribution is -2.40. The van der Waals surface area contributed by atoms with Gasteiger partial charge in [-0.25, -0.2) is 9.97 Å². The summed E-state index contributed by atoms with van der Waals surface area (Å²) in [4.78, 5) is 25.4. The lowest BCUT2D eigenvalue weighted by Gasteiger charge is -2.41. The second-order valence-corrected chi connectivity index (χ2v) is 13.0. The second-order valence-electron chi connectivity index (χ2n) is 11.7. The fourth-order valence-corrected chi connectivity index (χ4v) is 7.35. The van der Waals surface area contributed by atoms with E-state index in [4.69, 9.17) is 15.1 Å². The Labute approximate surface area is 233 Å². The molecule has 1 aromatic carbocycles. The molecule has 0 amide bonds. The van der Waals surface area contributed by atoms with Crippen molar-refractivity contribution in [2.45, 2.75) is 78.6 Å². The summed E-state index contributed by atoms with van der Waals surface area (Å²) in [7, 11) is 0. The highest BCUT2D eigenvalue weighted by molar-refractivity contribution is 7.12.